The Morgan fingerprint density at radius 3 is 1.80 bits per heavy atom. The lowest BCUT2D eigenvalue weighted by Crippen LogP contribution is -2.59. The molecule has 1 aromatic carbocycles. The van der Waals surface area contributed by atoms with Crippen molar-refractivity contribution in [3.63, 3.8) is 0 Å². The number of nitrogens with one attached hydrogen (secondary N) is 1. The Labute approximate surface area is 244 Å². The number of rotatable bonds is 13. The van der Waals surface area contributed by atoms with Crippen LogP contribution < -0.4 is 14.8 Å². The highest BCUT2D eigenvalue weighted by atomic mass is 16.7. The molecule has 0 spiro atoms. The van der Waals surface area contributed by atoms with Crippen molar-refractivity contribution < 1.29 is 43.2 Å². The minimum atomic E-state index is -2.19. The molecule has 0 bridgehead atoms. The van der Waals surface area contributed by atoms with E-state index < -0.39 is 35.9 Å². The molecule has 1 rings (SSSR count). The maximum atomic E-state index is 12.7. The van der Waals surface area contributed by atoms with E-state index in [1.165, 1.54) is 18.2 Å². The van der Waals surface area contributed by atoms with Gasteiger partial charge in [0.25, 0.3) is 5.72 Å². The molecule has 3 atom stereocenters. The second kappa shape index (κ2) is 14.7. The number of esters is 2. The van der Waals surface area contributed by atoms with Gasteiger partial charge in [-0.3, -0.25) is 14.9 Å². The summed E-state index contributed by atoms with van der Waals surface area (Å²) in [6, 6.07) is 4.04. The first-order valence-electron chi connectivity index (χ1n) is 14.1. The van der Waals surface area contributed by atoms with Gasteiger partial charge in [-0.15, -0.1) is 0 Å². The summed E-state index contributed by atoms with van der Waals surface area (Å²) in [7, 11) is 0. The summed E-state index contributed by atoms with van der Waals surface area (Å²) in [5.41, 5.74) is -2.54. The number of carboxylic acids is 1. The fraction of sp³-hybridized carbons (Fsp3) is 0.677. The third-order valence-electron chi connectivity index (χ3n) is 6.17. The van der Waals surface area contributed by atoms with Gasteiger partial charge in [0.2, 0.25) is 0 Å². The van der Waals surface area contributed by atoms with Crippen LogP contribution >= 0.6 is 0 Å². The van der Waals surface area contributed by atoms with Crippen molar-refractivity contribution in [1.82, 2.24) is 5.32 Å². The molecule has 0 aliphatic rings. The summed E-state index contributed by atoms with van der Waals surface area (Å²) in [4.78, 5) is 50.7. The monoisotopic (exact) mass is 579 g/mol. The first-order chi connectivity index (χ1) is 18.7. The van der Waals surface area contributed by atoms with E-state index in [0.717, 1.165) is 0 Å². The largest absolute Gasteiger partial charge is 0.510 e. The summed E-state index contributed by atoms with van der Waals surface area (Å²) in [5, 5.41) is 13.2. The summed E-state index contributed by atoms with van der Waals surface area (Å²) in [6.07, 6.45) is -1.21. The van der Waals surface area contributed by atoms with Gasteiger partial charge in [0.1, 0.15) is 6.10 Å². The lowest BCUT2D eigenvalue weighted by molar-refractivity contribution is -0.168. The molecule has 0 heterocycles. The van der Waals surface area contributed by atoms with Crippen LogP contribution in [0.1, 0.15) is 101 Å². The van der Waals surface area contributed by atoms with E-state index in [0.29, 0.717) is 12.0 Å². The number of carboxylic acid groups (broad SMARTS) is 1. The minimum absolute atomic E-state index is 0.0109. The Morgan fingerprint density at radius 2 is 1.37 bits per heavy atom. The molecule has 41 heavy (non-hydrogen) atoms. The Bertz CT molecular complexity index is 1070. The van der Waals surface area contributed by atoms with Gasteiger partial charge in [0.15, 0.2) is 11.5 Å². The van der Waals surface area contributed by atoms with E-state index in [2.05, 4.69) is 5.32 Å². The van der Waals surface area contributed by atoms with Gasteiger partial charge in [-0.25, -0.2) is 9.59 Å². The summed E-state index contributed by atoms with van der Waals surface area (Å²) < 4.78 is 21.9. The van der Waals surface area contributed by atoms with Gasteiger partial charge in [0, 0.05) is 12.5 Å². The summed E-state index contributed by atoms with van der Waals surface area (Å²) in [6.45, 7) is 20.4. The first kappa shape index (κ1) is 35.9. The van der Waals surface area contributed by atoms with E-state index in [1.807, 2.05) is 62.3 Å². The summed E-state index contributed by atoms with van der Waals surface area (Å²) >= 11 is 0. The second-order valence-electron chi connectivity index (χ2n) is 13.4. The third-order valence-corrected chi connectivity index (χ3v) is 6.17. The molecule has 0 amide bonds. The van der Waals surface area contributed by atoms with Crippen molar-refractivity contribution in [1.29, 1.82) is 0 Å². The maximum Gasteiger partial charge on any atom is 0.510 e. The zero-order valence-corrected chi connectivity index (χ0v) is 26.5. The van der Waals surface area contributed by atoms with Crippen LogP contribution in [0.2, 0.25) is 0 Å². The maximum absolute atomic E-state index is 12.7. The van der Waals surface area contributed by atoms with Crippen molar-refractivity contribution >= 4 is 24.1 Å². The first-order valence-corrected chi connectivity index (χ1v) is 14.1. The molecule has 0 aromatic heterocycles. The third kappa shape index (κ3) is 12.9. The van der Waals surface area contributed by atoms with Crippen LogP contribution in [0, 0.1) is 16.7 Å². The van der Waals surface area contributed by atoms with Gasteiger partial charge in [-0.2, -0.15) is 0 Å². The molecule has 10 nitrogen and oxygen atoms in total. The molecule has 0 aliphatic heterocycles. The van der Waals surface area contributed by atoms with Gasteiger partial charge in [0.05, 0.1) is 12.8 Å². The quantitative estimate of drug-likeness (QED) is 0.156. The molecule has 0 saturated heterocycles. The molecule has 1 aromatic rings. The molecular weight excluding hydrogens is 530 g/mol. The topological polar surface area (TPSA) is 137 Å². The van der Waals surface area contributed by atoms with Crippen molar-refractivity contribution in [3.05, 3.63) is 23.8 Å². The number of benzene rings is 1. The number of ether oxygens (including phenoxy) is 4. The van der Waals surface area contributed by atoms with Crippen molar-refractivity contribution in [2.45, 2.75) is 120 Å². The number of hydrogen-bond donors (Lipinski definition) is 2. The van der Waals surface area contributed by atoms with Gasteiger partial charge >= 0.3 is 24.1 Å². The average molecular weight is 580 g/mol. The Hall–Kier alpha value is -3.14. The van der Waals surface area contributed by atoms with Crippen LogP contribution in [-0.4, -0.2) is 47.0 Å². The van der Waals surface area contributed by atoms with E-state index in [4.69, 9.17) is 18.9 Å². The van der Waals surface area contributed by atoms with E-state index in [-0.39, 0.29) is 53.6 Å². The number of hydrogen-bond acceptors (Lipinski definition) is 9. The Balaban J connectivity index is 3.51. The van der Waals surface area contributed by atoms with Crippen LogP contribution in [-0.2, 0) is 30.3 Å². The molecule has 2 N–H and O–H groups in total. The van der Waals surface area contributed by atoms with Gasteiger partial charge in [-0.1, -0.05) is 68.4 Å². The van der Waals surface area contributed by atoms with E-state index >= 15 is 0 Å². The number of carbonyl (C=O) groups is 4. The summed E-state index contributed by atoms with van der Waals surface area (Å²) in [5.74, 6) is -2.53. The highest BCUT2D eigenvalue weighted by Crippen LogP contribution is 2.33. The molecule has 0 radical (unpaired) electrons. The van der Waals surface area contributed by atoms with Crippen molar-refractivity contribution in [2.24, 2.45) is 16.7 Å². The SMILES string of the molecule is CCC(C)N[C@@](Cc1ccc(OC(=O)CC(C)(C)C)c(OC(=O)CC(C)(C)C)c1)(OC(=O)OC(C)C(C)C)C(=O)O. The highest BCUT2D eigenvalue weighted by molar-refractivity contribution is 5.81. The molecule has 2 unspecified atom stereocenters. The fourth-order valence-electron chi connectivity index (χ4n) is 3.55. The van der Waals surface area contributed by atoms with Gasteiger partial charge in [-0.05, 0) is 54.7 Å². The van der Waals surface area contributed by atoms with E-state index in [1.54, 1.807) is 13.8 Å². The lowest BCUT2D eigenvalue weighted by atomic mass is 9.92. The Morgan fingerprint density at radius 1 is 0.854 bits per heavy atom. The number of carbonyl (C=O) groups excluding carboxylic acids is 3. The lowest BCUT2D eigenvalue weighted by Gasteiger charge is -2.33. The normalized spacial score (nSPS) is 14.9. The highest BCUT2D eigenvalue weighted by Gasteiger charge is 2.45. The smallest absolute Gasteiger partial charge is 0.477 e. The molecule has 0 saturated carbocycles. The number of aliphatic carboxylic acids is 1. The average Bonchev–Trinajstić information content (AvgIpc) is 2.77. The minimum Gasteiger partial charge on any atom is -0.477 e. The molecular formula is C31H49NO9. The Kier molecular flexibility index (Phi) is 12.8. The molecule has 232 valence electrons. The standard InChI is InChI=1S/C31H49NO9/c1-12-20(4)32-31(27(35)36,41-28(37)38-21(5)19(2)3)16-22-13-14-23(39-25(33)17-29(6,7)8)24(15-22)40-26(34)18-30(9,10)11/h13-15,19-21,32H,12,16-18H2,1-11H3,(H,35,36)/t20?,21?,31-/m0/s1. The fourth-order valence-corrected chi connectivity index (χ4v) is 3.55. The zero-order valence-electron chi connectivity index (χ0n) is 26.5. The molecule has 10 heteroatoms. The van der Waals surface area contributed by atoms with Crippen molar-refractivity contribution in [3.8, 4) is 11.5 Å². The van der Waals surface area contributed by atoms with Gasteiger partial charge < -0.3 is 24.1 Å². The van der Waals surface area contributed by atoms with Crippen LogP contribution in [0.25, 0.3) is 0 Å². The zero-order chi connectivity index (χ0) is 31.8. The van der Waals surface area contributed by atoms with Crippen molar-refractivity contribution in [2.75, 3.05) is 0 Å². The second-order valence-corrected chi connectivity index (χ2v) is 13.4. The predicted octanol–water partition coefficient (Wildman–Crippen LogP) is 6.28. The van der Waals surface area contributed by atoms with Crippen LogP contribution in [0.5, 0.6) is 11.5 Å². The molecule has 0 fully saturated rings. The van der Waals surface area contributed by atoms with Crippen LogP contribution in [0.15, 0.2) is 18.2 Å². The van der Waals surface area contributed by atoms with Crippen LogP contribution in [0.4, 0.5) is 4.79 Å². The predicted molar refractivity (Wildman–Crippen MR) is 155 cm³/mol. The van der Waals surface area contributed by atoms with Crippen LogP contribution in [0.3, 0.4) is 0 Å². The molecule has 0 aliphatic carbocycles. The van der Waals surface area contributed by atoms with E-state index in [9.17, 15) is 24.3 Å².